The number of alkyl halides is 3. The van der Waals surface area contributed by atoms with Crippen LogP contribution in [0.4, 0.5) is 18.3 Å². The zero-order chi connectivity index (χ0) is 12.6. The molecule has 5 nitrogen and oxygen atoms in total. The molecule has 17 heavy (non-hydrogen) atoms. The molecule has 0 aliphatic carbocycles. The van der Waals surface area contributed by atoms with Crippen molar-refractivity contribution < 1.29 is 13.2 Å². The molecule has 2 heterocycles. The molecular weight excluding hydrogens is 255 g/mol. The minimum Gasteiger partial charge on any atom is -0.374 e. The third-order valence-electron chi connectivity index (χ3n) is 2.08. The summed E-state index contributed by atoms with van der Waals surface area (Å²) in [6, 6.07) is 0. The van der Waals surface area contributed by atoms with Gasteiger partial charge in [-0.1, -0.05) is 11.3 Å². The second-order valence-corrected chi connectivity index (χ2v) is 4.17. The van der Waals surface area contributed by atoms with Crippen LogP contribution in [0.1, 0.15) is 12.6 Å². The van der Waals surface area contributed by atoms with E-state index in [-0.39, 0.29) is 22.2 Å². The fourth-order valence-electron chi connectivity index (χ4n) is 1.42. The highest BCUT2D eigenvalue weighted by Gasteiger charge is 2.39. The Morgan fingerprint density at radius 1 is 1.41 bits per heavy atom. The molecule has 0 spiro atoms. The van der Waals surface area contributed by atoms with Crippen molar-refractivity contribution in [1.82, 2.24) is 20.0 Å². The van der Waals surface area contributed by atoms with Crippen molar-refractivity contribution in [2.45, 2.75) is 19.6 Å². The standard InChI is InChI=1S/C8H8F3N5S/c1-2-16-5(8(9,10)11)4(3-13-16)6-14-15-7(12)17-6/h3H,2H2,1H3,(H2,12,15). The monoisotopic (exact) mass is 263 g/mol. The number of rotatable bonds is 2. The normalized spacial score (nSPS) is 12.0. The van der Waals surface area contributed by atoms with E-state index in [1.165, 1.54) is 0 Å². The Balaban J connectivity index is 2.59. The predicted octanol–water partition coefficient (Wildman–Crippen LogP) is 2.02. The molecule has 0 aliphatic heterocycles. The number of halogens is 3. The molecule has 0 aromatic carbocycles. The number of nitrogens with zero attached hydrogens (tertiary/aromatic N) is 4. The van der Waals surface area contributed by atoms with Crippen LogP contribution < -0.4 is 5.73 Å². The second-order valence-electron chi connectivity index (χ2n) is 3.17. The molecule has 0 atom stereocenters. The number of aromatic nitrogens is 4. The van der Waals surface area contributed by atoms with Gasteiger partial charge in [-0.15, -0.1) is 10.2 Å². The lowest BCUT2D eigenvalue weighted by Crippen LogP contribution is -2.14. The van der Waals surface area contributed by atoms with Crippen molar-refractivity contribution in [2.75, 3.05) is 5.73 Å². The van der Waals surface area contributed by atoms with Crippen LogP contribution in [0.5, 0.6) is 0 Å². The molecule has 9 heteroatoms. The Hall–Kier alpha value is -1.64. The van der Waals surface area contributed by atoms with Gasteiger partial charge in [0.05, 0.1) is 11.8 Å². The molecule has 92 valence electrons. The Kier molecular flexibility index (Phi) is 2.77. The maximum absolute atomic E-state index is 12.9. The van der Waals surface area contributed by atoms with Gasteiger partial charge in [-0.3, -0.25) is 4.68 Å². The molecule has 0 bridgehead atoms. The van der Waals surface area contributed by atoms with E-state index >= 15 is 0 Å². The van der Waals surface area contributed by atoms with Crippen LogP contribution in [0.2, 0.25) is 0 Å². The van der Waals surface area contributed by atoms with Crippen molar-refractivity contribution in [3.8, 4) is 10.6 Å². The Labute approximate surface area is 98.1 Å². The second kappa shape index (κ2) is 3.99. The minimum absolute atomic E-state index is 0.0893. The zero-order valence-corrected chi connectivity index (χ0v) is 9.51. The van der Waals surface area contributed by atoms with Crippen LogP contribution in [-0.4, -0.2) is 20.0 Å². The maximum atomic E-state index is 12.9. The van der Waals surface area contributed by atoms with Gasteiger partial charge in [0.2, 0.25) is 5.13 Å². The molecule has 0 amide bonds. The van der Waals surface area contributed by atoms with Gasteiger partial charge >= 0.3 is 6.18 Å². The number of anilines is 1. The lowest BCUT2D eigenvalue weighted by molar-refractivity contribution is -0.143. The van der Waals surface area contributed by atoms with Crippen LogP contribution >= 0.6 is 11.3 Å². The van der Waals surface area contributed by atoms with Gasteiger partial charge in [0.15, 0.2) is 10.7 Å². The number of hydrogen-bond acceptors (Lipinski definition) is 5. The van der Waals surface area contributed by atoms with Gasteiger partial charge in [0.1, 0.15) is 0 Å². The summed E-state index contributed by atoms with van der Waals surface area (Å²) in [6.45, 7) is 1.71. The Morgan fingerprint density at radius 2 is 2.12 bits per heavy atom. The van der Waals surface area contributed by atoms with Crippen molar-refractivity contribution in [1.29, 1.82) is 0 Å². The maximum Gasteiger partial charge on any atom is 0.433 e. The zero-order valence-electron chi connectivity index (χ0n) is 8.69. The molecule has 0 saturated carbocycles. The summed E-state index contributed by atoms with van der Waals surface area (Å²) in [5, 5.41) is 11.0. The fraction of sp³-hybridized carbons (Fsp3) is 0.375. The largest absolute Gasteiger partial charge is 0.433 e. The average molecular weight is 263 g/mol. The fourth-order valence-corrected chi connectivity index (χ4v) is 2.04. The van der Waals surface area contributed by atoms with E-state index in [1.807, 2.05) is 0 Å². The molecule has 2 aromatic rings. The van der Waals surface area contributed by atoms with Crippen LogP contribution in [0.15, 0.2) is 6.20 Å². The van der Waals surface area contributed by atoms with E-state index in [0.717, 1.165) is 22.2 Å². The van der Waals surface area contributed by atoms with Gasteiger partial charge in [-0.25, -0.2) is 0 Å². The van der Waals surface area contributed by atoms with Gasteiger partial charge in [-0.2, -0.15) is 18.3 Å². The predicted molar refractivity (Wildman–Crippen MR) is 56.2 cm³/mol. The molecule has 0 saturated heterocycles. The first-order valence-corrected chi connectivity index (χ1v) is 5.47. The highest BCUT2D eigenvalue weighted by Crippen LogP contribution is 2.38. The summed E-state index contributed by atoms with van der Waals surface area (Å²) >= 11 is 0.897. The average Bonchev–Trinajstić information content (AvgIpc) is 2.81. The molecule has 2 rings (SSSR count). The van der Waals surface area contributed by atoms with E-state index in [4.69, 9.17) is 5.73 Å². The van der Waals surface area contributed by atoms with E-state index in [1.54, 1.807) is 6.92 Å². The first-order chi connectivity index (χ1) is 7.93. The molecule has 0 radical (unpaired) electrons. The van der Waals surface area contributed by atoms with Crippen LogP contribution in [0.3, 0.4) is 0 Å². The SMILES string of the molecule is CCn1ncc(-c2nnc(N)s2)c1C(F)(F)F. The quantitative estimate of drug-likeness (QED) is 0.900. The summed E-state index contributed by atoms with van der Waals surface area (Å²) in [6.07, 6.45) is -3.35. The minimum atomic E-state index is -4.48. The Morgan fingerprint density at radius 3 is 2.59 bits per heavy atom. The molecule has 2 aromatic heterocycles. The number of hydrogen-bond donors (Lipinski definition) is 1. The summed E-state index contributed by atoms with van der Waals surface area (Å²) in [7, 11) is 0. The topological polar surface area (TPSA) is 69.6 Å². The highest BCUT2D eigenvalue weighted by molar-refractivity contribution is 7.18. The van der Waals surface area contributed by atoms with E-state index < -0.39 is 11.9 Å². The van der Waals surface area contributed by atoms with Crippen LogP contribution in [0, 0.1) is 0 Å². The molecule has 0 fully saturated rings. The van der Waals surface area contributed by atoms with Crippen LogP contribution in [-0.2, 0) is 12.7 Å². The summed E-state index contributed by atoms with van der Waals surface area (Å²) in [4.78, 5) is 0. The van der Waals surface area contributed by atoms with Crippen molar-refractivity contribution in [3.05, 3.63) is 11.9 Å². The Bertz CT molecular complexity index is 529. The molecule has 0 unspecified atom stereocenters. The number of nitrogen functional groups attached to an aromatic ring is 1. The lowest BCUT2D eigenvalue weighted by Gasteiger charge is -2.09. The van der Waals surface area contributed by atoms with Crippen molar-refractivity contribution in [2.24, 2.45) is 0 Å². The van der Waals surface area contributed by atoms with Gasteiger partial charge in [0.25, 0.3) is 0 Å². The first-order valence-electron chi connectivity index (χ1n) is 4.65. The number of nitrogens with two attached hydrogens (primary N) is 1. The van der Waals surface area contributed by atoms with Gasteiger partial charge in [0, 0.05) is 6.54 Å². The van der Waals surface area contributed by atoms with Crippen molar-refractivity contribution >= 4 is 16.5 Å². The summed E-state index contributed by atoms with van der Waals surface area (Å²) < 4.78 is 39.5. The third-order valence-corrected chi connectivity index (χ3v) is 2.86. The van der Waals surface area contributed by atoms with E-state index in [0.29, 0.717) is 0 Å². The lowest BCUT2D eigenvalue weighted by atomic mass is 10.2. The van der Waals surface area contributed by atoms with Crippen LogP contribution in [0.25, 0.3) is 10.6 Å². The third kappa shape index (κ3) is 2.09. The molecule has 2 N–H and O–H groups in total. The van der Waals surface area contributed by atoms with Gasteiger partial charge < -0.3 is 5.73 Å². The van der Waals surface area contributed by atoms with Crippen molar-refractivity contribution in [3.63, 3.8) is 0 Å². The smallest absolute Gasteiger partial charge is 0.374 e. The molecule has 0 aliphatic rings. The highest BCUT2D eigenvalue weighted by atomic mass is 32.1. The number of aryl methyl sites for hydroxylation is 1. The molecular formula is C8H8F3N5S. The summed E-state index contributed by atoms with van der Waals surface area (Å²) in [5.41, 5.74) is 4.44. The summed E-state index contributed by atoms with van der Waals surface area (Å²) in [5.74, 6) is 0. The van der Waals surface area contributed by atoms with E-state index in [9.17, 15) is 13.2 Å². The first kappa shape index (κ1) is 11.8. The van der Waals surface area contributed by atoms with Gasteiger partial charge in [-0.05, 0) is 6.92 Å². The van der Waals surface area contributed by atoms with E-state index in [2.05, 4.69) is 15.3 Å².